The van der Waals surface area contributed by atoms with Crippen LogP contribution in [0.15, 0.2) is 6.08 Å². The van der Waals surface area contributed by atoms with Crippen LogP contribution in [0.1, 0.15) is 33.1 Å². The number of rotatable bonds is 4. The third-order valence-electron chi connectivity index (χ3n) is 1.81. The second kappa shape index (κ2) is 3.67. The van der Waals surface area contributed by atoms with Crippen LogP contribution >= 0.6 is 0 Å². The van der Waals surface area contributed by atoms with Crippen LogP contribution in [0.25, 0.3) is 0 Å². The quantitative estimate of drug-likeness (QED) is 0.611. The van der Waals surface area contributed by atoms with Gasteiger partial charge in [-0.1, -0.05) is 26.5 Å². The van der Waals surface area contributed by atoms with Gasteiger partial charge in [-0.2, -0.15) is 0 Å². The summed E-state index contributed by atoms with van der Waals surface area (Å²) in [6.07, 6.45) is 3.67. The molecule has 0 spiro atoms. The Morgan fingerprint density at radius 1 is 1.44 bits per heavy atom. The zero-order valence-electron chi connectivity index (χ0n) is 6.22. The van der Waals surface area contributed by atoms with Crippen LogP contribution in [-0.2, 0) is 0 Å². The zero-order chi connectivity index (χ0) is 7.33. The summed E-state index contributed by atoms with van der Waals surface area (Å²) in [6.45, 7) is 9.11. The van der Waals surface area contributed by atoms with Gasteiger partial charge in [-0.3, -0.25) is 0 Å². The number of aliphatic hydroxyl groups is 1. The van der Waals surface area contributed by atoms with Crippen molar-refractivity contribution in [3.63, 3.8) is 0 Å². The molecule has 1 heteroatoms. The maximum absolute atomic E-state index is 9.52. The van der Waals surface area contributed by atoms with Crippen molar-refractivity contribution in [1.29, 1.82) is 0 Å². The molecule has 0 fully saturated rings. The third-order valence-corrected chi connectivity index (χ3v) is 1.81. The number of hydrogen-bond donors (Lipinski definition) is 1. The Labute approximate surface area is 57.4 Å². The molecule has 53 valence electrons. The largest absolute Gasteiger partial charge is 0.390 e. The average Bonchev–Trinajstić information content (AvgIpc) is 1.89. The van der Waals surface area contributed by atoms with Crippen molar-refractivity contribution in [2.75, 3.05) is 0 Å². The van der Waals surface area contributed by atoms with E-state index in [0.29, 0.717) is 6.42 Å². The van der Waals surface area contributed by atoms with Crippen LogP contribution in [0.3, 0.4) is 0 Å². The van der Waals surface area contributed by atoms with Crippen molar-refractivity contribution in [2.45, 2.75) is 38.7 Å². The summed E-state index contributed by atoms with van der Waals surface area (Å²) in [5, 5.41) is 9.52. The Morgan fingerprint density at radius 3 is 2.00 bits per heavy atom. The van der Waals surface area contributed by atoms with Gasteiger partial charge in [-0.05, 0) is 19.3 Å². The minimum atomic E-state index is -0.547. The van der Waals surface area contributed by atoms with E-state index < -0.39 is 5.60 Å². The molecule has 0 bridgehead atoms. The lowest BCUT2D eigenvalue weighted by Crippen LogP contribution is -2.25. The minimum absolute atomic E-state index is 0.547. The summed E-state index contributed by atoms with van der Waals surface area (Å²) in [4.78, 5) is 0. The van der Waals surface area contributed by atoms with E-state index >= 15 is 0 Å². The molecule has 0 aliphatic carbocycles. The maximum Gasteiger partial charge on any atom is 0.0676 e. The SMILES string of the molecule is [CH]=CCC(O)(CC)CC. The molecule has 0 amide bonds. The molecule has 0 aromatic carbocycles. The maximum atomic E-state index is 9.52. The van der Waals surface area contributed by atoms with Gasteiger partial charge in [0.15, 0.2) is 0 Å². The monoisotopic (exact) mass is 127 g/mol. The van der Waals surface area contributed by atoms with Gasteiger partial charge in [-0.15, -0.1) is 0 Å². The predicted octanol–water partition coefficient (Wildman–Crippen LogP) is 1.92. The van der Waals surface area contributed by atoms with Gasteiger partial charge in [0, 0.05) is 0 Å². The molecule has 9 heavy (non-hydrogen) atoms. The highest BCUT2D eigenvalue weighted by molar-refractivity contribution is 4.82. The Hall–Kier alpha value is -0.300. The van der Waals surface area contributed by atoms with Crippen molar-refractivity contribution in [2.24, 2.45) is 0 Å². The van der Waals surface area contributed by atoms with E-state index in [2.05, 4.69) is 0 Å². The van der Waals surface area contributed by atoms with Gasteiger partial charge in [0.25, 0.3) is 0 Å². The Bertz CT molecular complexity index is 82.6. The lowest BCUT2D eigenvalue weighted by Gasteiger charge is -2.22. The first-order valence-electron chi connectivity index (χ1n) is 3.44. The molecule has 0 atom stereocenters. The predicted molar refractivity (Wildman–Crippen MR) is 39.0 cm³/mol. The first-order chi connectivity index (χ1) is 4.18. The minimum Gasteiger partial charge on any atom is -0.390 e. The molecule has 0 rings (SSSR count). The molecule has 0 aromatic heterocycles. The fourth-order valence-corrected chi connectivity index (χ4v) is 0.758. The zero-order valence-corrected chi connectivity index (χ0v) is 6.22. The molecule has 1 nitrogen and oxygen atoms in total. The molecule has 0 saturated heterocycles. The average molecular weight is 127 g/mol. The van der Waals surface area contributed by atoms with Crippen molar-refractivity contribution >= 4 is 0 Å². The molecule has 0 aliphatic heterocycles. The molecular weight excluding hydrogens is 112 g/mol. The van der Waals surface area contributed by atoms with Crippen molar-refractivity contribution < 1.29 is 5.11 Å². The highest BCUT2D eigenvalue weighted by Crippen LogP contribution is 2.18. The van der Waals surface area contributed by atoms with Gasteiger partial charge in [-0.25, -0.2) is 0 Å². The van der Waals surface area contributed by atoms with E-state index in [0.717, 1.165) is 12.8 Å². The second-order valence-electron chi connectivity index (χ2n) is 2.37. The van der Waals surface area contributed by atoms with E-state index in [1.165, 1.54) is 6.08 Å². The smallest absolute Gasteiger partial charge is 0.0676 e. The van der Waals surface area contributed by atoms with Crippen LogP contribution in [-0.4, -0.2) is 10.7 Å². The first kappa shape index (κ1) is 8.70. The summed E-state index contributed by atoms with van der Waals surface area (Å²) in [5.41, 5.74) is -0.547. The Kier molecular flexibility index (Phi) is 3.55. The van der Waals surface area contributed by atoms with Crippen molar-refractivity contribution in [3.8, 4) is 0 Å². The molecule has 1 N–H and O–H groups in total. The molecule has 0 saturated carbocycles. The van der Waals surface area contributed by atoms with Gasteiger partial charge in [0.2, 0.25) is 0 Å². The highest BCUT2D eigenvalue weighted by Gasteiger charge is 2.18. The van der Waals surface area contributed by atoms with E-state index in [9.17, 15) is 5.11 Å². The summed E-state index contributed by atoms with van der Waals surface area (Å²) < 4.78 is 0. The summed E-state index contributed by atoms with van der Waals surface area (Å²) >= 11 is 0. The van der Waals surface area contributed by atoms with Gasteiger partial charge in [0.1, 0.15) is 0 Å². The second-order valence-corrected chi connectivity index (χ2v) is 2.37. The topological polar surface area (TPSA) is 20.2 Å². The van der Waals surface area contributed by atoms with Gasteiger partial charge < -0.3 is 5.11 Å². The van der Waals surface area contributed by atoms with Crippen LogP contribution in [0.2, 0.25) is 0 Å². The lowest BCUT2D eigenvalue weighted by atomic mass is 9.94. The van der Waals surface area contributed by atoms with Crippen molar-refractivity contribution in [1.82, 2.24) is 0 Å². The Balaban J connectivity index is 3.75. The molecule has 1 radical (unpaired) electrons. The fraction of sp³-hybridized carbons (Fsp3) is 0.750. The summed E-state index contributed by atoms with van der Waals surface area (Å²) in [5.74, 6) is 0. The van der Waals surface area contributed by atoms with E-state index in [1.807, 2.05) is 13.8 Å². The van der Waals surface area contributed by atoms with E-state index in [4.69, 9.17) is 6.58 Å². The van der Waals surface area contributed by atoms with Gasteiger partial charge >= 0.3 is 0 Å². The summed E-state index contributed by atoms with van der Waals surface area (Å²) in [7, 11) is 0. The number of hydrogen-bond acceptors (Lipinski definition) is 1. The van der Waals surface area contributed by atoms with E-state index in [1.54, 1.807) is 0 Å². The molecule has 0 heterocycles. The van der Waals surface area contributed by atoms with Crippen molar-refractivity contribution in [3.05, 3.63) is 12.7 Å². The van der Waals surface area contributed by atoms with Crippen LogP contribution in [0.4, 0.5) is 0 Å². The van der Waals surface area contributed by atoms with Crippen LogP contribution in [0, 0.1) is 6.58 Å². The molecular formula is C8H15O. The van der Waals surface area contributed by atoms with E-state index in [-0.39, 0.29) is 0 Å². The first-order valence-corrected chi connectivity index (χ1v) is 3.44. The lowest BCUT2D eigenvalue weighted by molar-refractivity contribution is 0.0354. The molecule has 0 unspecified atom stereocenters. The summed E-state index contributed by atoms with van der Waals surface area (Å²) in [6, 6.07) is 0. The normalized spacial score (nSPS) is 11.4. The van der Waals surface area contributed by atoms with Crippen LogP contribution < -0.4 is 0 Å². The highest BCUT2D eigenvalue weighted by atomic mass is 16.3. The molecule has 0 aliphatic rings. The van der Waals surface area contributed by atoms with Crippen LogP contribution in [0.5, 0.6) is 0 Å². The third kappa shape index (κ3) is 2.66. The standard InChI is InChI=1S/C8H15O/c1-4-7-8(9,5-2)6-3/h1,4,9H,5-7H2,2-3H3. The molecule has 0 aromatic rings. The fourth-order valence-electron chi connectivity index (χ4n) is 0.758. The Morgan fingerprint density at radius 2 is 1.89 bits per heavy atom. The van der Waals surface area contributed by atoms with Gasteiger partial charge in [0.05, 0.1) is 5.60 Å².